The van der Waals surface area contributed by atoms with Gasteiger partial charge in [-0.1, -0.05) is 0 Å². The van der Waals surface area contributed by atoms with Crippen molar-refractivity contribution in [2.24, 2.45) is 0 Å². The molecule has 0 radical (unpaired) electrons. The van der Waals surface area contributed by atoms with E-state index in [1.807, 2.05) is 4.98 Å². The van der Waals surface area contributed by atoms with Crippen LogP contribution >= 0.6 is 0 Å². The predicted octanol–water partition coefficient (Wildman–Crippen LogP) is 2.13. The first-order valence-corrected chi connectivity index (χ1v) is 7.20. The second kappa shape index (κ2) is 5.34. The summed E-state index contributed by atoms with van der Waals surface area (Å²) in [5.74, 6) is 0. The number of hydrogen-bond acceptors (Lipinski definition) is 4. The van der Waals surface area contributed by atoms with E-state index in [0.29, 0.717) is 6.07 Å². The van der Waals surface area contributed by atoms with Gasteiger partial charge in [0.1, 0.15) is 16.7 Å². The number of nitrogens with one attached hydrogen (secondary N) is 1. The maximum Gasteiger partial charge on any atom is 0.431 e. The molecule has 0 spiro atoms. The highest BCUT2D eigenvalue weighted by Crippen LogP contribution is 2.31. The molecule has 2 rings (SSSR count). The third-order valence-electron chi connectivity index (χ3n) is 2.84. The molecule has 0 aliphatic heterocycles. The molecule has 0 atom stereocenters. The first-order valence-electron chi connectivity index (χ1n) is 5.76. The summed E-state index contributed by atoms with van der Waals surface area (Å²) in [4.78, 5) is 5.06. The molecule has 10 heteroatoms. The van der Waals surface area contributed by atoms with Crippen LogP contribution in [0.5, 0.6) is 0 Å². The second-order valence-electron chi connectivity index (χ2n) is 4.26. The molecule has 116 valence electrons. The Morgan fingerprint density at radius 2 is 2.00 bits per heavy atom. The third-order valence-corrected chi connectivity index (χ3v) is 4.60. The Morgan fingerprint density at radius 3 is 2.55 bits per heavy atom. The van der Waals surface area contributed by atoms with E-state index >= 15 is 0 Å². The van der Waals surface area contributed by atoms with E-state index < -0.39 is 26.8 Å². The lowest BCUT2D eigenvalue weighted by Gasteiger charge is -2.18. The molecule has 22 heavy (non-hydrogen) atoms. The summed E-state index contributed by atoms with van der Waals surface area (Å²) >= 11 is 0. The van der Waals surface area contributed by atoms with Crippen LogP contribution in [-0.2, 0) is 16.2 Å². The molecule has 0 aromatic carbocycles. The Balaban J connectivity index is 2.41. The SMILES string of the molecule is CN(c1cncc(C#N)c1)S(=O)(=O)c1c[nH]c(C(F)(F)F)c1. The van der Waals surface area contributed by atoms with Crippen molar-refractivity contribution in [2.75, 3.05) is 11.4 Å². The topological polar surface area (TPSA) is 89.8 Å². The fraction of sp³-hybridized carbons (Fsp3) is 0.167. The number of nitrogens with zero attached hydrogens (tertiary/aromatic N) is 3. The number of anilines is 1. The summed E-state index contributed by atoms with van der Waals surface area (Å²) in [5, 5.41) is 8.77. The highest BCUT2D eigenvalue weighted by atomic mass is 32.2. The van der Waals surface area contributed by atoms with Crippen LogP contribution in [0.3, 0.4) is 0 Å². The summed E-state index contributed by atoms with van der Waals surface area (Å²) in [5.41, 5.74) is -0.971. The predicted molar refractivity (Wildman–Crippen MR) is 70.3 cm³/mol. The second-order valence-corrected chi connectivity index (χ2v) is 6.23. The Morgan fingerprint density at radius 1 is 1.32 bits per heavy atom. The third kappa shape index (κ3) is 2.89. The van der Waals surface area contributed by atoms with Gasteiger partial charge in [0.15, 0.2) is 0 Å². The average molecular weight is 330 g/mol. The minimum Gasteiger partial charge on any atom is -0.356 e. The molecule has 0 saturated carbocycles. The molecule has 0 aliphatic carbocycles. The number of pyridine rings is 1. The minimum absolute atomic E-state index is 0.0637. The van der Waals surface area contributed by atoms with Gasteiger partial charge in [-0.05, 0) is 12.1 Å². The molecule has 0 aliphatic rings. The average Bonchev–Trinajstić information content (AvgIpc) is 2.97. The zero-order valence-corrected chi connectivity index (χ0v) is 11.9. The van der Waals surface area contributed by atoms with Gasteiger partial charge in [0.2, 0.25) is 0 Å². The van der Waals surface area contributed by atoms with Crippen molar-refractivity contribution in [3.8, 4) is 6.07 Å². The smallest absolute Gasteiger partial charge is 0.356 e. The zero-order valence-electron chi connectivity index (χ0n) is 11.1. The quantitative estimate of drug-likeness (QED) is 0.933. The highest BCUT2D eigenvalue weighted by molar-refractivity contribution is 7.92. The molecule has 0 unspecified atom stereocenters. The van der Waals surface area contributed by atoms with Crippen molar-refractivity contribution in [2.45, 2.75) is 11.1 Å². The Bertz CT molecular complexity index is 837. The van der Waals surface area contributed by atoms with Gasteiger partial charge in [-0.3, -0.25) is 9.29 Å². The first-order chi connectivity index (χ1) is 10.2. The standard InChI is InChI=1S/C12H9F3N4O2S/c1-19(9-2-8(4-16)5-17-6-9)22(20,21)10-3-11(18-7-10)12(13,14)15/h2-3,5-7,18H,1H3. The highest BCUT2D eigenvalue weighted by Gasteiger charge is 2.34. The van der Waals surface area contributed by atoms with Crippen molar-refractivity contribution in [3.05, 3.63) is 42.0 Å². The lowest BCUT2D eigenvalue weighted by Crippen LogP contribution is -2.26. The largest absolute Gasteiger partial charge is 0.431 e. The van der Waals surface area contributed by atoms with Gasteiger partial charge in [0, 0.05) is 19.4 Å². The van der Waals surface area contributed by atoms with E-state index in [1.165, 1.54) is 18.5 Å². The number of aromatic amines is 1. The van der Waals surface area contributed by atoms with E-state index in [0.717, 1.165) is 17.5 Å². The van der Waals surface area contributed by atoms with E-state index in [4.69, 9.17) is 5.26 Å². The maximum absolute atomic E-state index is 12.5. The summed E-state index contributed by atoms with van der Waals surface area (Å²) in [6.45, 7) is 0. The zero-order chi connectivity index (χ0) is 16.5. The van der Waals surface area contributed by atoms with Gasteiger partial charge in [0.25, 0.3) is 10.0 Å². The molecule has 0 bridgehead atoms. The molecule has 2 heterocycles. The maximum atomic E-state index is 12.5. The Hall–Kier alpha value is -2.54. The van der Waals surface area contributed by atoms with E-state index in [-0.39, 0.29) is 11.3 Å². The summed E-state index contributed by atoms with van der Waals surface area (Å²) in [6.07, 6.45) is -1.48. The van der Waals surface area contributed by atoms with Gasteiger partial charge in [-0.15, -0.1) is 0 Å². The number of aromatic nitrogens is 2. The van der Waals surface area contributed by atoms with Crippen LogP contribution in [0.4, 0.5) is 18.9 Å². The molecular weight excluding hydrogens is 321 g/mol. The fourth-order valence-corrected chi connectivity index (χ4v) is 2.81. The number of H-pyrrole nitrogens is 1. The van der Waals surface area contributed by atoms with Gasteiger partial charge in [-0.2, -0.15) is 18.4 Å². The fourth-order valence-electron chi connectivity index (χ4n) is 1.65. The molecule has 0 amide bonds. The molecule has 2 aromatic heterocycles. The number of halogens is 3. The van der Waals surface area contributed by atoms with Crippen LogP contribution in [0.15, 0.2) is 35.6 Å². The normalized spacial score (nSPS) is 12.0. The molecule has 6 nitrogen and oxygen atoms in total. The van der Waals surface area contributed by atoms with Crippen LogP contribution in [0.2, 0.25) is 0 Å². The Kier molecular flexibility index (Phi) is 3.85. The molecule has 1 N–H and O–H groups in total. The first kappa shape index (κ1) is 15.8. The van der Waals surface area contributed by atoms with Gasteiger partial charge in [0.05, 0.1) is 17.4 Å². The van der Waals surface area contributed by atoms with Crippen molar-refractivity contribution in [3.63, 3.8) is 0 Å². The lowest BCUT2D eigenvalue weighted by molar-refractivity contribution is -0.140. The molecule has 2 aromatic rings. The van der Waals surface area contributed by atoms with Crippen LogP contribution in [0, 0.1) is 11.3 Å². The Labute approximate surface area is 123 Å². The van der Waals surface area contributed by atoms with E-state index in [1.54, 1.807) is 6.07 Å². The monoisotopic (exact) mass is 330 g/mol. The lowest BCUT2D eigenvalue weighted by atomic mass is 10.3. The van der Waals surface area contributed by atoms with E-state index in [9.17, 15) is 21.6 Å². The van der Waals surface area contributed by atoms with Crippen LogP contribution in [0.1, 0.15) is 11.3 Å². The summed E-state index contributed by atoms with van der Waals surface area (Å²) in [6, 6.07) is 3.57. The molecule has 0 saturated heterocycles. The number of hydrogen-bond donors (Lipinski definition) is 1. The number of alkyl halides is 3. The summed E-state index contributed by atoms with van der Waals surface area (Å²) in [7, 11) is -3.04. The molecule has 0 fully saturated rings. The minimum atomic E-state index is -4.67. The van der Waals surface area contributed by atoms with Crippen molar-refractivity contribution < 1.29 is 21.6 Å². The molecular formula is C12H9F3N4O2S. The number of sulfonamides is 1. The van der Waals surface area contributed by atoms with Crippen LogP contribution in [0.25, 0.3) is 0 Å². The van der Waals surface area contributed by atoms with Gasteiger partial charge >= 0.3 is 6.18 Å². The summed E-state index contributed by atoms with van der Waals surface area (Å²) < 4.78 is 62.9. The number of rotatable bonds is 3. The van der Waals surface area contributed by atoms with E-state index in [2.05, 4.69) is 4.98 Å². The van der Waals surface area contributed by atoms with Crippen LogP contribution < -0.4 is 4.31 Å². The van der Waals surface area contributed by atoms with Crippen molar-refractivity contribution >= 4 is 15.7 Å². The van der Waals surface area contributed by atoms with Crippen LogP contribution in [-0.4, -0.2) is 25.4 Å². The van der Waals surface area contributed by atoms with Crippen molar-refractivity contribution in [1.82, 2.24) is 9.97 Å². The number of nitriles is 1. The van der Waals surface area contributed by atoms with Gasteiger partial charge < -0.3 is 4.98 Å². The van der Waals surface area contributed by atoms with Crippen molar-refractivity contribution in [1.29, 1.82) is 5.26 Å². The van der Waals surface area contributed by atoms with Gasteiger partial charge in [-0.25, -0.2) is 8.42 Å².